The second kappa shape index (κ2) is 13.6. The molecule has 1 N–H and O–H groups in total. The summed E-state index contributed by atoms with van der Waals surface area (Å²) in [6.45, 7) is 0. The van der Waals surface area contributed by atoms with Gasteiger partial charge < -0.3 is 5.11 Å². The van der Waals surface area contributed by atoms with Crippen LogP contribution in [0.3, 0.4) is 0 Å². The highest BCUT2D eigenvalue weighted by Gasteiger charge is 2.78. The molecule has 0 radical (unpaired) electrons. The normalized spacial score (nSPS) is 16.8. The minimum atomic E-state index is -0.991. The Bertz CT molecular complexity index is 504. The van der Waals surface area contributed by atoms with E-state index in [1.54, 1.807) is 0 Å². The molecule has 0 aliphatic carbocycles. The zero-order valence-electron chi connectivity index (χ0n) is 10.9. The molecular weight excluding hydrogens is 2270 g/mol. The zero-order chi connectivity index (χ0) is 22.0. The third kappa shape index (κ3) is 8.01. The second-order valence-corrected chi connectivity index (χ2v) is 58.8. The molecule has 0 aromatic carbocycles. The van der Waals surface area contributed by atoms with Crippen LogP contribution < -0.4 is 0 Å². The van der Waals surface area contributed by atoms with Crippen LogP contribution in [-0.2, 0) is 0 Å². The van der Waals surface area contributed by atoms with Crippen molar-refractivity contribution in [2.45, 2.75) is 9.62 Å². The summed E-state index contributed by atoms with van der Waals surface area (Å²) in [4.78, 5) is 0. The Hall–Kier alpha value is 12.4. The summed E-state index contributed by atoms with van der Waals surface area (Å²) >= 11 is 42.6. The maximum Gasteiger partial charge on any atom is 0.157 e. The molecule has 26 heavy (non-hydrogen) atoms. The van der Waals surface area contributed by atoms with E-state index in [1.807, 2.05) is 0 Å². The standard InChI is InChI=1S/C8HI17O/c9-2(10,1(26,6(17,18)19)7(20,21)22)3(11,12)4(13,14)5(15,16)8(23,24)25/h26H. The summed E-state index contributed by atoms with van der Waals surface area (Å²) in [7, 11) is 0. The topological polar surface area (TPSA) is 20.2 Å². The molecule has 0 unspecified atom stereocenters. The second-order valence-electron chi connectivity index (χ2n) is 4.50. The maximum atomic E-state index is 12.3. The molecule has 0 saturated carbocycles. The van der Waals surface area contributed by atoms with Gasteiger partial charge in [0.25, 0.3) is 0 Å². The van der Waals surface area contributed by atoms with Crippen molar-refractivity contribution in [1.82, 2.24) is 0 Å². The molecule has 0 bridgehead atoms. The molecule has 0 aliphatic rings. The highest BCUT2D eigenvalue weighted by atomic mass is 127. The largest absolute Gasteiger partial charge is 0.381 e. The fourth-order valence-corrected chi connectivity index (χ4v) is 31.9. The molecule has 158 valence electrons. The van der Waals surface area contributed by atoms with Crippen molar-refractivity contribution >= 4 is 384 Å². The van der Waals surface area contributed by atoms with Crippen molar-refractivity contribution in [3.8, 4) is 0 Å². The number of aliphatic hydroxyl groups is 1. The van der Waals surface area contributed by atoms with Gasteiger partial charge in [-0.2, -0.15) is 0 Å². The van der Waals surface area contributed by atoms with Gasteiger partial charge in [0.1, 0.15) is 5.15 Å². The molecule has 1 nitrogen and oxygen atoms in total. The minimum absolute atomic E-state index is 0.00102. The van der Waals surface area contributed by atoms with E-state index >= 15 is 0 Å². The molecule has 0 aromatic heterocycles. The highest BCUT2D eigenvalue weighted by molar-refractivity contribution is 14.3. The quantitative estimate of drug-likeness (QED) is 0.199. The first-order chi connectivity index (χ1) is 10.8. The predicted octanol–water partition coefficient (Wildman–Crippen LogP) is 12.9. The van der Waals surface area contributed by atoms with Crippen molar-refractivity contribution in [1.29, 1.82) is 0 Å². The summed E-state index contributed by atoms with van der Waals surface area (Å²) in [5, 5.41) is 12.3. The summed E-state index contributed by atoms with van der Waals surface area (Å²) in [5.74, 6) is 0. The van der Waals surface area contributed by atoms with Gasteiger partial charge in [-0.1, -0.05) is 384 Å². The summed E-state index contributed by atoms with van der Waals surface area (Å²) in [6, 6.07) is 0. The van der Waals surface area contributed by atoms with Crippen LogP contribution >= 0.6 is 384 Å². The molecule has 0 fully saturated rings. The molecule has 0 atom stereocenters. The molecule has 0 amide bonds. The summed E-state index contributed by atoms with van der Waals surface area (Å²) in [5.41, 5.74) is -0.991. The van der Waals surface area contributed by atoms with E-state index in [4.69, 9.17) is 0 Å². The van der Waals surface area contributed by atoms with Crippen LogP contribution in [0.25, 0.3) is 0 Å². The highest BCUT2D eigenvalue weighted by Crippen LogP contribution is 2.78. The number of halogens is 17. The first-order valence-corrected chi connectivity index (χ1v) is 23.5. The van der Waals surface area contributed by atoms with Crippen molar-refractivity contribution in [2.75, 3.05) is 0 Å². The Morgan fingerprint density at radius 3 is 0.731 bits per heavy atom. The fourth-order valence-electron chi connectivity index (χ4n) is 1.32. The Kier molecular flexibility index (Phi) is 20.0. The molecule has 0 aromatic rings. The number of alkyl halides is 17. The maximum absolute atomic E-state index is 12.3. The SMILES string of the molecule is OC(C(I)(I)I)(C(I)(I)I)C(I)(I)C(I)(I)C(I)(I)C(I)(I)C(I)(I)I. The minimum Gasteiger partial charge on any atom is -0.381 e. The number of rotatable bonds is 7. The van der Waals surface area contributed by atoms with Crippen LogP contribution in [0.2, 0.25) is 0 Å². The van der Waals surface area contributed by atoms with Crippen LogP contribution in [0.5, 0.6) is 0 Å². The molecule has 0 saturated heterocycles. The molecule has 0 heterocycles. The molecule has 0 rings (SSSR count). The Labute approximate surface area is 386 Å². The molecule has 0 aliphatic heterocycles. The van der Waals surface area contributed by atoms with E-state index in [1.165, 1.54) is 0 Å². The summed E-state index contributed by atoms with van der Waals surface area (Å²) < 4.78 is -1.83. The average molecular weight is 2270 g/mol. The van der Waals surface area contributed by atoms with E-state index in [9.17, 15) is 5.11 Å². The monoisotopic (exact) mass is 2270 g/mol. The van der Waals surface area contributed by atoms with Gasteiger partial charge in [0.15, 0.2) is 4.47 Å². The van der Waals surface area contributed by atoms with E-state index < -0.39 is 5.90 Å². The first-order valence-electron chi connectivity index (χ1n) is 5.19. The third-order valence-corrected chi connectivity index (χ3v) is 41.4. The van der Waals surface area contributed by atoms with Crippen molar-refractivity contribution in [3.63, 3.8) is 0 Å². The molecule has 0 spiro atoms. The lowest BCUT2D eigenvalue weighted by atomic mass is 10.00. The lowest BCUT2D eigenvalue weighted by Crippen LogP contribution is -2.72. The van der Waals surface area contributed by atoms with Gasteiger partial charge in [-0.25, -0.2) is 0 Å². The van der Waals surface area contributed by atoms with E-state index in [0.29, 0.717) is 0 Å². The first kappa shape index (κ1) is 38.4. The number of hydrogen-bond acceptors (Lipinski definition) is 1. The molecular formula is C8HI17O. The Balaban J connectivity index is 6.86. The van der Waals surface area contributed by atoms with Crippen LogP contribution in [-0.4, -0.2) is 14.7 Å². The lowest BCUT2D eigenvalue weighted by Gasteiger charge is -2.59. The van der Waals surface area contributed by atoms with Gasteiger partial charge in [-0.05, 0) is 0 Å². The average Bonchev–Trinajstić information content (AvgIpc) is 2.32. The molecule has 18 heteroatoms. The Morgan fingerprint density at radius 2 is 0.538 bits per heavy atom. The van der Waals surface area contributed by atoms with Crippen molar-refractivity contribution in [2.24, 2.45) is 0 Å². The van der Waals surface area contributed by atoms with E-state index in [0.717, 1.165) is 0 Å². The van der Waals surface area contributed by atoms with Gasteiger partial charge in [-0.3, -0.25) is 0 Å². The van der Waals surface area contributed by atoms with Gasteiger partial charge in [-0.15, -0.1) is 0 Å². The summed E-state index contributed by atoms with van der Waals surface area (Å²) in [6.07, 6.45) is 0. The fraction of sp³-hybridized carbons (Fsp3) is 1.00. The third-order valence-electron chi connectivity index (χ3n) is 2.81. The van der Waals surface area contributed by atoms with Gasteiger partial charge in [0.2, 0.25) is 0 Å². The van der Waals surface area contributed by atoms with Crippen LogP contribution in [0.1, 0.15) is 0 Å². The van der Waals surface area contributed by atoms with Gasteiger partial charge >= 0.3 is 0 Å². The smallest absolute Gasteiger partial charge is 0.157 e. The predicted molar refractivity (Wildman–Crippen MR) is 262 cm³/mol. The van der Waals surface area contributed by atoms with E-state index in [2.05, 4.69) is 384 Å². The van der Waals surface area contributed by atoms with Gasteiger partial charge in [0.05, 0.1) is 0 Å². The number of hydrogen-bond donors (Lipinski definition) is 1. The van der Waals surface area contributed by atoms with Crippen LogP contribution in [0.4, 0.5) is 0 Å². The van der Waals surface area contributed by atoms with E-state index in [-0.39, 0.29) is 3.72 Å². The lowest BCUT2D eigenvalue weighted by molar-refractivity contribution is 0.0778. The van der Waals surface area contributed by atoms with Crippen LogP contribution in [0, 0.1) is 0 Å². The zero-order valence-corrected chi connectivity index (χ0v) is 47.6. The van der Waals surface area contributed by atoms with Crippen molar-refractivity contribution in [3.05, 3.63) is 0 Å². The van der Waals surface area contributed by atoms with Crippen molar-refractivity contribution < 1.29 is 5.11 Å². The van der Waals surface area contributed by atoms with Crippen LogP contribution in [0.15, 0.2) is 0 Å². The Morgan fingerprint density at radius 1 is 0.308 bits per heavy atom. The van der Waals surface area contributed by atoms with Gasteiger partial charge in [0, 0.05) is 0 Å².